The highest BCUT2D eigenvalue weighted by atomic mass is 16.4. The van der Waals surface area contributed by atoms with Gasteiger partial charge in [0.05, 0.1) is 0 Å². The molecule has 1 amide bonds. The van der Waals surface area contributed by atoms with E-state index in [1.165, 1.54) is 4.90 Å². The summed E-state index contributed by atoms with van der Waals surface area (Å²) in [6, 6.07) is 1.68. The number of aromatic amines is 1. The van der Waals surface area contributed by atoms with Gasteiger partial charge in [0.15, 0.2) is 0 Å². The number of amides is 1. The van der Waals surface area contributed by atoms with Gasteiger partial charge < -0.3 is 10.0 Å². The van der Waals surface area contributed by atoms with Crippen LogP contribution in [-0.4, -0.2) is 44.7 Å². The number of nitrogens with one attached hydrogen (secondary N) is 1. The molecule has 1 fully saturated rings. The Labute approximate surface area is 105 Å². The Bertz CT molecular complexity index is 449. The molecule has 0 spiro atoms. The Morgan fingerprint density at radius 2 is 2.17 bits per heavy atom. The highest BCUT2D eigenvalue weighted by Gasteiger charge is 2.30. The summed E-state index contributed by atoms with van der Waals surface area (Å²) >= 11 is 0. The van der Waals surface area contributed by atoms with E-state index in [4.69, 9.17) is 5.11 Å². The van der Waals surface area contributed by atoms with Crippen molar-refractivity contribution in [3.05, 3.63) is 17.5 Å². The molecule has 6 nitrogen and oxygen atoms in total. The Hall–Kier alpha value is -1.85. The van der Waals surface area contributed by atoms with Crippen LogP contribution in [0.2, 0.25) is 0 Å². The number of carbonyl (C=O) groups is 2. The number of carboxylic acids is 1. The van der Waals surface area contributed by atoms with Crippen LogP contribution < -0.4 is 0 Å². The zero-order valence-electron chi connectivity index (χ0n) is 10.3. The fourth-order valence-electron chi connectivity index (χ4n) is 2.40. The maximum absolute atomic E-state index is 12.3. The second kappa shape index (κ2) is 5.20. The molecule has 0 atom stereocenters. The van der Waals surface area contributed by atoms with Crippen molar-refractivity contribution in [3.8, 4) is 0 Å². The Kier molecular flexibility index (Phi) is 3.64. The van der Waals surface area contributed by atoms with Gasteiger partial charge in [0.1, 0.15) is 12.2 Å². The quantitative estimate of drug-likeness (QED) is 0.841. The van der Waals surface area contributed by atoms with Gasteiger partial charge in [-0.15, -0.1) is 0 Å². The smallest absolute Gasteiger partial charge is 0.323 e. The van der Waals surface area contributed by atoms with Crippen LogP contribution in [0.1, 0.15) is 41.9 Å². The third-order valence-electron chi connectivity index (χ3n) is 3.26. The van der Waals surface area contributed by atoms with E-state index in [2.05, 4.69) is 10.2 Å². The maximum Gasteiger partial charge on any atom is 0.323 e. The van der Waals surface area contributed by atoms with Gasteiger partial charge in [-0.05, 0) is 25.8 Å². The van der Waals surface area contributed by atoms with E-state index in [9.17, 15) is 9.59 Å². The highest BCUT2D eigenvalue weighted by Crippen LogP contribution is 2.24. The zero-order chi connectivity index (χ0) is 13.1. The number of hydrogen-bond acceptors (Lipinski definition) is 3. The predicted octanol–water partition coefficient (Wildman–Crippen LogP) is 1.19. The van der Waals surface area contributed by atoms with Crippen molar-refractivity contribution in [2.75, 3.05) is 6.54 Å². The lowest BCUT2D eigenvalue weighted by Gasteiger charge is -2.26. The molecule has 1 aromatic rings. The van der Waals surface area contributed by atoms with E-state index < -0.39 is 5.97 Å². The minimum absolute atomic E-state index is 0.0330. The predicted molar refractivity (Wildman–Crippen MR) is 64.3 cm³/mol. The third kappa shape index (κ3) is 2.69. The summed E-state index contributed by atoms with van der Waals surface area (Å²) in [5.74, 6) is -1.28. The van der Waals surface area contributed by atoms with Crippen LogP contribution in [-0.2, 0) is 4.79 Å². The topological polar surface area (TPSA) is 86.3 Å². The van der Waals surface area contributed by atoms with Crippen molar-refractivity contribution in [2.24, 2.45) is 0 Å². The first-order valence-electron chi connectivity index (χ1n) is 6.12. The zero-order valence-corrected chi connectivity index (χ0v) is 10.3. The van der Waals surface area contributed by atoms with Gasteiger partial charge in [-0.25, -0.2) is 0 Å². The lowest BCUT2D eigenvalue weighted by molar-refractivity contribution is -0.138. The van der Waals surface area contributed by atoms with E-state index in [0.717, 1.165) is 31.4 Å². The number of rotatable bonds is 4. The second-order valence-corrected chi connectivity index (χ2v) is 4.70. The minimum Gasteiger partial charge on any atom is -0.480 e. The van der Waals surface area contributed by atoms with Gasteiger partial charge in [-0.3, -0.25) is 14.7 Å². The van der Waals surface area contributed by atoms with E-state index in [-0.39, 0.29) is 18.5 Å². The van der Waals surface area contributed by atoms with Crippen LogP contribution in [0.5, 0.6) is 0 Å². The molecule has 0 unspecified atom stereocenters. The first kappa shape index (κ1) is 12.6. The van der Waals surface area contributed by atoms with Crippen molar-refractivity contribution < 1.29 is 14.7 Å². The van der Waals surface area contributed by atoms with E-state index >= 15 is 0 Å². The van der Waals surface area contributed by atoms with Crippen molar-refractivity contribution >= 4 is 11.9 Å². The number of nitrogens with zero attached hydrogens (tertiary/aromatic N) is 2. The number of aromatic nitrogens is 2. The lowest BCUT2D eigenvalue weighted by atomic mass is 10.2. The number of carbonyl (C=O) groups excluding carboxylic acids is 1. The van der Waals surface area contributed by atoms with Gasteiger partial charge in [0.2, 0.25) is 0 Å². The molecule has 0 saturated heterocycles. The second-order valence-electron chi connectivity index (χ2n) is 4.70. The Morgan fingerprint density at radius 3 is 2.67 bits per heavy atom. The number of carboxylic acid groups (broad SMARTS) is 1. The van der Waals surface area contributed by atoms with Crippen LogP contribution in [0.25, 0.3) is 0 Å². The van der Waals surface area contributed by atoms with Gasteiger partial charge >= 0.3 is 5.97 Å². The molecule has 1 aliphatic rings. The summed E-state index contributed by atoms with van der Waals surface area (Å²) in [6.07, 6.45) is 3.85. The third-order valence-corrected chi connectivity index (χ3v) is 3.26. The molecule has 1 heterocycles. The molecule has 0 aliphatic heterocycles. The van der Waals surface area contributed by atoms with Crippen molar-refractivity contribution in [1.29, 1.82) is 0 Å². The maximum atomic E-state index is 12.3. The summed E-state index contributed by atoms with van der Waals surface area (Å²) in [7, 11) is 0. The fourth-order valence-corrected chi connectivity index (χ4v) is 2.40. The molecule has 2 rings (SSSR count). The van der Waals surface area contributed by atoms with Crippen molar-refractivity contribution in [2.45, 2.75) is 38.6 Å². The molecule has 1 aliphatic carbocycles. The normalized spacial score (nSPS) is 15.8. The molecule has 1 aromatic heterocycles. The molecular formula is C12H17N3O3. The average Bonchev–Trinajstić information content (AvgIpc) is 2.95. The Balaban J connectivity index is 2.17. The first-order chi connectivity index (χ1) is 8.58. The lowest BCUT2D eigenvalue weighted by Crippen LogP contribution is -2.42. The van der Waals surface area contributed by atoms with E-state index in [1.54, 1.807) is 13.0 Å². The number of H-pyrrole nitrogens is 1. The number of aryl methyl sites for hydroxylation is 1. The molecule has 6 heteroatoms. The van der Waals surface area contributed by atoms with Gasteiger partial charge in [0, 0.05) is 11.7 Å². The standard InChI is InChI=1S/C12H17N3O3/c1-8-6-10(14-13-8)12(18)15(7-11(16)17)9-4-2-3-5-9/h6,9H,2-5,7H2,1H3,(H,13,14)(H,16,17). The summed E-state index contributed by atoms with van der Waals surface area (Å²) in [5, 5.41) is 15.5. The minimum atomic E-state index is -0.984. The van der Waals surface area contributed by atoms with Gasteiger partial charge in [0.25, 0.3) is 5.91 Å². The first-order valence-corrected chi connectivity index (χ1v) is 6.12. The fraction of sp³-hybridized carbons (Fsp3) is 0.583. The summed E-state index contributed by atoms with van der Waals surface area (Å²) < 4.78 is 0. The van der Waals surface area contributed by atoms with E-state index in [0.29, 0.717) is 5.69 Å². The molecule has 0 radical (unpaired) electrons. The molecule has 2 N–H and O–H groups in total. The number of aliphatic carboxylic acids is 1. The van der Waals surface area contributed by atoms with Crippen molar-refractivity contribution in [3.63, 3.8) is 0 Å². The molecule has 98 valence electrons. The van der Waals surface area contributed by atoms with Gasteiger partial charge in [-0.2, -0.15) is 5.10 Å². The van der Waals surface area contributed by atoms with Crippen LogP contribution >= 0.6 is 0 Å². The molecule has 1 saturated carbocycles. The monoisotopic (exact) mass is 251 g/mol. The van der Waals surface area contributed by atoms with Crippen LogP contribution in [0.3, 0.4) is 0 Å². The highest BCUT2D eigenvalue weighted by molar-refractivity contribution is 5.94. The van der Waals surface area contributed by atoms with E-state index in [1.807, 2.05) is 0 Å². The molecule has 0 aromatic carbocycles. The molecule has 0 bridgehead atoms. The average molecular weight is 251 g/mol. The largest absolute Gasteiger partial charge is 0.480 e. The van der Waals surface area contributed by atoms with Crippen LogP contribution in [0, 0.1) is 6.92 Å². The Morgan fingerprint density at radius 1 is 1.50 bits per heavy atom. The van der Waals surface area contributed by atoms with Crippen LogP contribution in [0.4, 0.5) is 0 Å². The molecule has 18 heavy (non-hydrogen) atoms. The number of hydrogen-bond donors (Lipinski definition) is 2. The van der Waals surface area contributed by atoms with Crippen molar-refractivity contribution in [1.82, 2.24) is 15.1 Å². The SMILES string of the molecule is Cc1cc(C(=O)N(CC(=O)O)C2CCCC2)n[nH]1. The summed E-state index contributed by atoms with van der Waals surface area (Å²) in [4.78, 5) is 24.6. The molecular weight excluding hydrogens is 234 g/mol. The van der Waals surface area contributed by atoms with Gasteiger partial charge in [-0.1, -0.05) is 12.8 Å². The summed E-state index contributed by atoms with van der Waals surface area (Å²) in [6.45, 7) is 1.55. The summed E-state index contributed by atoms with van der Waals surface area (Å²) in [5.41, 5.74) is 1.08. The van der Waals surface area contributed by atoms with Crippen LogP contribution in [0.15, 0.2) is 6.07 Å².